The van der Waals surface area contributed by atoms with E-state index in [1.807, 2.05) is 12.3 Å². The summed E-state index contributed by atoms with van der Waals surface area (Å²) < 4.78 is 7.78. The van der Waals surface area contributed by atoms with E-state index >= 15 is 0 Å². The highest BCUT2D eigenvalue weighted by atomic mass is 16.5. The van der Waals surface area contributed by atoms with Crippen molar-refractivity contribution in [2.45, 2.75) is 45.3 Å². The van der Waals surface area contributed by atoms with Gasteiger partial charge in [0, 0.05) is 36.8 Å². The number of fused-ring (bicyclic) bond motifs is 1. The SMILES string of the molecule is CC(C)NCc1cnn(CC2CCOc3ccccc32)c1. The molecule has 0 aliphatic carbocycles. The second-order valence-electron chi connectivity index (χ2n) is 5.98. The minimum atomic E-state index is 0.487. The zero-order chi connectivity index (χ0) is 14.7. The quantitative estimate of drug-likeness (QED) is 0.918. The summed E-state index contributed by atoms with van der Waals surface area (Å²) in [6.45, 7) is 6.90. The van der Waals surface area contributed by atoms with Crippen molar-refractivity contribution in [3.05, 3.63) is 47.8 Å². The Morgan fingerprint density at radius 3 is 3.10 bits per heavy atom. The summed E-state index contributed by atoms with van der Waals surface area (Å²) in [6, 6.07) is 8.84. The summed E-state index contributed by atoms with van der Waals surface area (Å²) in [5.74, 6) is 1.52. The summed E-state index contributed by atoms with van der Waals surface area (Å²) in [7, 11) is 0. The Kier molecular flexibility index (Phi) is 4.25. The van der Waals surface area contributed by atoms with E-state index in [1.165, 1.54) is 11.1 Å². The molecule has 0 radical (unpaired) electrons. The lowest BCUT2D eigenvalue weighted by Gasteiger charge is -2.25. The van der Waals surface area contributed by atoms with E-state index in [-0.39, 0.29) is 0 Å². The van der Waals surface area contributed by atoms with Crippen molar-refractivity contribution in [3.8, 4) is 5.75 Å². The second kappa shape index (κ2) is 6.31. The van der Waals surface area contributed by atoms with E-state index in [0.717, 1.165) is 31.9 Å². The third-order valence-electron chi connectivity index (χ3n) is 3.89. The molecule has 1 unspecified atom stereocenters. The third kappa shape index (κ3) is 3.45. The molecule has 1 aromatic carbocycles. The average Bonchev–Trinajstić information content (AvgIpc) is 2.93. The Bertz CT molecular complexity index is 591. The molecule has 1 N–H and O–H groups in total. The van der Waals surface area contributed by atoms with Gasteiger partial charge >= 0.3 is 0 Å². The average molecular weight is 285 g/mol. The van der Waals surface area contributed by atoms with Crippen molar-refractivity contribution in [2.75, 3.05) is 6.61 Å². The van der Waals surface area contributed by atoms with E-state index in [4.69, 9.17) is 4.74 Å². The van der Waals surface area contributed by atoms with Crippen LogP contribution in [0.25, 0.3) is 0 Å². The highest BCUT2D eigenvalue weighted by Crippen LogP contribution is 2.34. The molecule has 0 saturated carbocycles. The molecule has 3 rings (SSSR count). The smallest absolute Gasteiger partial charge is 0.122 e. The minimum Gasteiger partial charge on any atom is -0.493 e. The van der Waals surface area contributed by atoms with Crippen molar-refractivity contribution in [1.82, 2.24) is 15.1 Å². The highest BCUT2D eigenvalue weighted by Gasteiger charge is 2.21. The van der Waals surface area contributed by atoms with Crippen molar-refractivity contribution in [1.29, 1.82) is 0 Å². The molecule has 1 aromatic heterocycles. The number of ether oxygens (including phenoxy) is 1. The number of rotatable bonds is 5. The van der Waals surface area contributed by atoms with Crippen LogP contribution in [-0.2, 0) is 13.1 Å². The maximum atomic E-state index is 5.72. The van der Waals surface area contributed by atoms with Crippen LogP contribution in [0.15, 0.2) is 36.7 Å². The normalized spacial score (nSPS) is 17.6. The van der Waals surface area contributed by atoms with Gasteiger partial charge in [0.15, 0.2) is 0 Å². The summed E-state index contributed by atoms with van der Waals surface area (Å²) in [5.41, 5.74) is 2.55. The molecule has 1 aliphatic heterocycles. The molecule has 1 aliphatic rings. The fourth-order valence-electron chi connectivity index (χ4n) is 2.75. The van der Waals surface area contributed by atoms with E-state index in [0.29, 0.717) is 12.0 Å². The molecule has 2 aromatic rings. The standard InChI is InChI=1S/C17H23N3O/c1-13(2)18-9-14-10-19-20(11-14)12-15-7-8-21-17-6-4-3-5-16(15)17/h3-6,10-11,13,15,18H,7-9,12H2,1-2H3. The largest absolute Gasteiger partial charge is 0.493 e. The van der Waals surface area contributed by atoms with E-state index in [1.54, 1.807) is 0 Å². The van der Waals surface area contributed by atoms with E-state index in [9.17, 15) is 0 Å². The first kappa shape index (κ1) is 14.1. The van der Waals surface area contributed by atoms with Gasteiger partial charge in [-0.3, -0.25) is 4.68 Å². The van der Waals surface area contributed by atoms with Gasteiger partial charge in [0.25, 0.3) is 0 Å². The Morgan fingerprint density at radius 1 is 1.38 bits per heavy atom. The molecule has 0 bridgehead atoms. The Balaban J connectivity index is 1.67. The van der Waals surface area contributed by atoms with Crippen LogP contribution in [0.4, 0.5) is 0 Å². The summed E-state index contributed by atoms with van der Waals surface area (Å²) in [5, 5.41) is 7.92. The molecular weight excluding hydrogens is 262 g/mol. The van der Waals surface area contributed by atoms with Crippen LogP contribution >= 0.6 is 0 Å². The number of benzene rings is 1. The first-order valence-corrected chi connectivity index (χ1v) is 7.69. The van der Waals surface area contributed by atoms with Gasteiger partial charge in [0.1, 0.15) is 5.75 Å². The number of para-hydroxylation sites is 1. The lowest BCUT2D eigenvalue weighted by Crippen LogP contribution is -2.21. The zero-order valence-electron chi connectivity index (χ0n) is 12.7. The van der Waals surface area contributed by atoms with Gasteiger partial charge < -0.3 is 10.1 Å². The van der Waals surface area contributed by atoms with Crippen LogP contribution in [0, 0.1) is 0 Å². The van der Waals surface area contributed by atoms with Crippen LogP contribution in [0.2, 0.25) is 0 Å². The first-order valence-electron chi connectivity index (χ1n) is 7.69. The number of nitrogens with zero attached hydrogens (tertiary/aromatic N) is 2. The molecule has 112 valence electrons. The van der Waals surface area contributed by atoms with Crippen molar-refractivity contribution < 1.29 is 4.74 Å². The predicted molar refractivity (Wildman–Crippen MR) is 83.5 cm³/mol. The fourth-order valence-corrected chi connectivity index (χ4v) is 2.75. The fraction of sp³-hybridized carbons (Fsp3) is 0.471. The molecular formula is C17H23N3O. The van der Waals surface area contributed by atoms with Crippen LogP contribution in [0.1, 0.15) is 37.3 Å². The van der Waals surface area contributed by atoms with Gasteiger partial charge in [0.05, 0.1) is 12.8 Å². The van der Waals surface area contributed by atoms with Crippen LogP contribution < -0.4 is 10.1 Å². The molecule has 0 fully saturated rings. The van der Waals surface area contributed by atoms with Gasteiger partial charge in [0.2, 0.25) is 0 Å². The Morgan fingerprint density at radius 2 is 2.24 bits per heavy atom. The second-order valence-corrected chi connectivity index (χ2v) is 5.98. The lowest BCUT2D eigenvalue weighted by atomic mass is 9.93. The molecule has 0 saturated heterocycles. The summed E-state index contributed by atoms with van der Waals surface area (Å²) in [6.07, 6.45) is 5.16. The maximum Gasteiger partial charge on any atom is 0.122 e. The van der Waals surface area contributed by atoms with Gasteiger partial charge in [-0.1, -0.05) is 32.0 Å². The Hall–Kier alpha value is -1.81. The molecule has 0 spiro atoms. The lowest BCUT2D eigenvalue weighted by molar-refractivity contribution is 0.256. The van der Waals surface area contributed by atoms with Crippen LogP contribution in [0.3, 0.4) is 0 Å². The number of hydrogen-bond acceptors (Lipinski definition) is 3. The molecule has 4 nitrogen and oxygen atoms in total. The molecule has 4 heteroatoms. The van der Waals surface area contributed by atoms with Crippen molar-refractivity contribution in [2.24, 2.45) is 0 Å². The van der Waals surface area contributed by atoms with Crippen molar-refractivity contribution >= 4 is 0 Å². The number of nitrogens with one attached hydrogen (secondary N) is 1. The van der Waals surface area contributed by atoms with Gasteiger partial charge in [-0.05, 0) is 18.1 Å². The maximum absolute atomic E-state index is 5.72. The monoisotopic (exact) mass is 285 g/mol. The van der Waals surface area contributed by atoms with E-state index in [2.05, 4.69) is 53.3 Å². The molecule has 0 amide bonds. The predicted octanol–water partition coefficient (Wildman–Crippen LogP) is 2.95. The number of hydrogen-bond donors (Lipinski definition) is 1. The zero-order valence-corrected chi connectivity index (χ0v) is 12.7. The van der Waals surface area contributed by atoms with Gasteiger partial charge in [-0.2, -0.15) is 5.10 Å². The highest BCUT2D eigenvalue weighted by molar-refractivity contribution is 5.37. The Labute approximate surface area is 126 Å². The molecule has 1 atom stereocenters. The molecule has 21 heavy (non-hydrogen) atoms. The summed E-state index contributed by atoms with van der Waals surface area (Å²) >= 11 is 0. The van der Waals surface area contributed by atoms with Gasteiger partial charge in [-0.25, -0.2) is 0 Å². The topological polar surface area (TPSA) is 39.1 Å². The third-order valence-corrected chi connectivity index (χ3v) is 3.89. The van der Waals surface area contributed by atoms with Gasteiger partial charge in [-0.15, -0.1) is 0 Å². The van der Waals surface area contributed by atoms with Crippen LogP contribution in [0.5, 0.6) is 5.75 Å². The first-order chi connectivity index (χ1) is 10.2. The number of aromatic nitrogens is 2. The van der Waals surface area contributed by atoms with Crippen molar-refractivity contribution in [3.63, 3.8) is 0 Å². The van der Waals surface area contributed by atoms with Crippen LogP contribution in [-0.4, -0.2) is 22.4 Å². The minimum absolute atomic E-state index is 0.487. The molecule has 2 heterocycles. The van der Waals surface area contributed by atoms with E-state index < -0.39 is 0 Å². The summed E-state index contributed by atoms with van der Waals surface area (Å²) in [4.78, 5) is 0.